The summed E-state index contributed by atoms with van der Waals surface area (Å²) in [5.41, 5.74) is 2.60. The van der Waals surface area contributed by atoms with Crippen LogP contribution in [0, 0.1) is 0 Å². The second kappa shape index (κ2) is 5.60. The first-order valence-electron chi connectivity index (χ1n) is 5.97. The third kappa shape index (κ3) is 2.71. The molecular weight excluding hydrogens is 208 g/mol. The smallest absolute Gasteiger partial charge is 0.0352 e. The number of aromatic nitrogens is 1. The molecule has 0 aliphatic carbocycles. The van der Waals surface area contributed by atoms with Gasteiger partial charge in [0.2, 0.25) is 0 Å². The van der Waals surface area contributed by atoms with Gasteiger partial charge in [0.25, 0.3) is 0 Å². The van der Waals surface area contributed by atoms with Crippen LogP contribution < -0.4 is 5.32 Å². The lowest BCUT2D eigenvalue weighted by molar-refractivity contribution is 0.808. The highest BCUT2D eigenvalue weighted by Crippen LogP contribution is 2.24. The van der Waals surface area contributed by atoms with Gasteiger partial charge in [-0.15, -0.1) is 0 Å². The van der Waals surface area contributed by atoms with Crippen LogP contribution in [0.5, 0.6) is 0 Å². The van der Waals surface area contributed by atoms with E-state index in [0.717, 1.165) is 13.0 Å². The van der Waals surface area contributed by atoms with E-state index in [9.17, 15) is 0 Å². The van der Waals surface area contributed by atoms with Crippen LogP contribution >= 0.6 is 0 Å². The van der Waals surface area contributed by atoms with Gasteiger partial charge in [-0.2, -0.15) is 0 Å². The standard InChI is InChI=1S/C15H18N2/c1-12(5-4-9-16-2)14-7-3-6-13-8-10-17-11-15(13)14/h3,5-8,10-11,16H,4,9H2,1-2H3/b12-5-. The van der Waals surface area contributed by atoms with Crippen LogP contribution in [0.3, 0.4) is 0 Å². The molecule has 1 aromatic heterocycles. The van der Waals surface area contributed by atoms with Gasteiger partial charge in [-0.05, 0) is 49.5 Å². The second-order valence-corrected chi connectivity index (χ2v) is 4.18. The van der Waals surface area contributed by atoms with Gasteiger partial charge in [0.1, 0.15) is 0 Å². The predicted octanol–water partition coefficient (Wildman–Crippen LogP) is 3.25. The average molecular weight is 226 g/mol. The molecule has 0 atom stereocenters. The van der Waals surface area contributed by atoms with Gasteiger partial charge in [0.15, 0.2) is 0 Å². The minimum absolute atomic E-state index is 1.01. The van der Waals surface area contributed by atoms with E-state index in [-0.39, 0.29) is 0 Å². The van der Waals surface area contributed by atoms with Gasteiger partial charge in [-0.25, -0.2) is 0 Å². The minimum atomic E-state index is 1.01. The molecule has 17 heavy (non-hydrogen) atoms. The van der Waals surface area contributed by atoms with Crippen molar-refractivity contribution in [1.29, 1.82) is 0 Å². The van der Waals surface area contributed by atoms with Gasteiger partial charge in [0, 0.05) is 17.8 Å². The molecule has 1 N–H and O–H groups in total. The summed E-state index contributed by atoms with van der Waals surface area (Å²) in [6.45, 7) is 3.18. The quantitative estimate of drug-likeness (QED) is 0.809. The number of allylic oxidation sites excluding steroid dienone is 1. The number of hydrogen-bond acceptors (Lipinski definition) is 2. The topological polar surface area (TPSA) is 24.9 Å². The Morgan fingerprint density at radius 1 is 1.35 bits per heavy atom. The summed E-state index contributed by atoms with van der Waals surface area (Å²) in [5.74, 6) is 0. The van der Waals surface area contributed by atoms with Gasteiger partial charge >= 0.3 is 0 Å². The van der Waals surface area contributed by atoms with Crippen molar-refractivity contribution in [2.24, 2.45) is 0 Å². The van der Waals surface area contributed by atoms with Crippen LogP contribution in [0.2, 0.25) is 0 Å². The highest BCUT2D eigenvalue weighted by molar-refractivity contribution is 5.92. The van der Waals surface area contributed by atoms with Crippen molar-refractivity contribution >= 4 is 16.3 Å². The van der Waals surface area contributed by atoms with Crippen molar-refractivity contribution in [3.8, 4) is 0 Å². The molecule has 0 aliphatic heterocycles. The zero-order valence-corrected chi connectivity index (χ0v) is 10.4. The number of fused-ring (bicyclic) bond motifs is 1. The van der Waals surface area contributed by atoms with Crippen molar-refractivity contribution < 1.29 is 0 Å². The van der Waals surface area contributed by atoms with Crippen molar-refractivity contribution in [3.05, 3.63) is 48.3 Å². The molecule has 0 amide bonds. The minimum Gasteiger partial charge on any atom is -0.319 e. The van der Waals surface area contributed by atoms with Gasteiger partial charge in [0.05, 0.1) is 0 Å². The predicted molar refractivity (Wildman–Crippen MR) is 73.9 cm³/mol. The lowest BCUT2D eigenvalue weighted by atomic mass is 10.00. The Balaban J connectivity index is 2.38. The maximum absolute atomic E-state index is 4.21. The van der Waals surface area contributed by atoms with Crippen molar-refractivity contribution in [2.45, 2.75) is 13.3 Å². The molecule has 2 heteroatoms. The van der Waals surface area contributed by atoms with E-state index in [4.69, 9.17) is 0 Å². The molecule has 2 rings (SSSR count). The normalized spacial score (nSPS) is 12.0. The maximum atomic E-state index is 4.21. The van der Waals surface area contributed by atoms with E-state index >= 15 is 0 Å². The molecule has 0 aliphatic rings. The monoisotopic (exact) mass is 226 g/mol. The molecule has 0 radical (unpaired) electrons. The summed E-state index contributed by atoms with van der Waals surface area (Å²) in [7, 11) is 1.98. The van der Waals surface area contributed by atoms with Crippen molar-refractivity contribution in [3.63, 3.8) is 0 Å². The summed E-state index contributed by atoms with van der Waals surface area (Å²) in [5, 5.41) is 5.63. The van der Waals surface area contributed by atoms with Crippen LogP contribution in [0.15, 0.2) is 42.7 Å². The molecule has 88 valence electrons. The van der Waals surface area contributed by atoms with Crippen LogP contribution in [-0.2, 0) is 0 Å². The molecular formula is C15H18N2. The molecule has 0 bridgehead atoms. The summed E-state index contributed by atoms with van der Waals surface area (Å²) in [6, 6.07) is 8.45. The second-order valence-electron chi connectivity index (χ2n) is 4.18. The molecule has 0 spiro atoms. The Labute approximate surface area is 102 Å². The third-order valence-electron chi connectivity index (χ3n) is 2.95. The number of pyridine rings is 1. The first-order valence-corrected chi connectivity index (χ1v) is 5.97. The number of hydrogen-bond donors (Lipinski definition) is 1. The lowest BCUT2D eigenvalue weighted by Crippen LogP contribution is -2.05. The van der Waals surface area contributed by atoms with Gasteiger partial charge < -0.3 is 5.32 Å². The fourth-order valence-corrected chi connectivity index (χ4v) is 2.00. The Morgan fingerprint density at radius 2 is 2.24 bits per heavy atom. The summed E-state index contributed by atoms with van der Waals surface area (Å²) in [4.78, 5) is 4.21. The molecule has 0 saturated heterocycles. The van der Waals surface area contributed by atoms with Crippen LogP contribution in [-0.4, -0.2) is 18.6 Å². The molecule has 1 aromatic carbocycles. The highest BCUT2D eigenvalue weighted by Gasteiger charge is 2.01. The first kappa shape index (κ1) is 11.8. The third-order valence-corrected chi connectivity index (χ3v) is 2.95. The molecule has 2 nitrogen and oxygen atoms in total. The number of benzene rings is 1. The van der Waals surface area contributed by atoms with Gasteiger partial charge in [-0.1, -0.05) is 24.3 Å². The van der Waals surface area contributed by atoms with E-state index in [1.165, 1.54) is 21.9 Å². The van der Waals surface area contributed by atoms with E-state index in [2.05, 4.69) is 47.6 Å². The summed E-state index contributed by atoms with van der Waals surface area (Å²) < 4.78 is 0. The maximum Gasteiger partial charge on any atom is 0.0352 e. The van der Waals surface area contributed by atoms with Gasteiger partial charge in [-0.3, -0.25) is 4.98 Å². The highest BCUT2D eigenvalue weighted by atomic mass is 14.8. The largest absolute Gasteiger partial charge is 0.319 e. The zero-order chi connectivity index (χ0) is 12.1. The first-order chi connectivity index (χ1) is 8.33. The Morgan fingerprint density at radius 3 is 3.06 bits per heavy atom. The van der Waals surface area contributed by atoms with E-state index in [1.54, 1.807) is 0 Å². The number of nitrogens with zero attached hydrogens (tertiary/aromatic N) is 1. The fourth-order valence-electron chi connectivity index (χ4n) is 2.00. The van der Waals surface area contributed by atoms with E-state index < -0.39 is 0 Å². The van der Waals surface area contributed by atoms with Crippen LogP contribution in [0.4, 0.5) is 0 Å². The molecule has 2 aromatic rings. The Bertz CT molecular complexity index is 524. The summed E-state index contributed by atoms with van der Waals surface area (Å²) >= 11 is 0. The number of nitrogens with one attached hydrogen (secondary N) is 1. The Hall–Kier alpha value is -1.67. The fraction of sp³-hybridized carbons (Fsp3) is 0.267. The molecule has 1 heterocycles. The van der Waals surface area contributed by atoms with Crippen LogP contribution in [0.25, 0.3) is 16.3 Å². The summed E-state index contributed by atoms with van der Waals surface area (Å²) in [6.07, 6.45) is 7.11. The Kier molecular flexibility index (Phi) is 3.89. The average Bonchev–Trinajstić information content (AvgIpc) is 2.38. The molecule has 0 unspecified atom stereocenters. The van der Waals surface area contributed by atoms with Crippen LogP contribution in [0.1, 0.15) is 18.9 Å². The molecule has 0 saturated carbocycles. The van der Waals surface area contributed by atoms with Crippen molar-refractivity contribution in [1.82, 2.24) is 10.3 Å². The number of rotatable bonds is 4. The van der Waals surface area contributed by atoms with Crippen molar-refractivity contribution in [2.75, 3.05) is 13.6 Å². The molecule has 0 fully saturated rings. The zero-order valence-electron chi connectivity index (χ0n) is 10.4. The van der Waals surface area contributed by atoms with E-state index in [1.807, 2.05) is 19.4 Å². The SMILES string of the molecule is CNCC/C=C(/C)c1cccc2ccncc12. The van der Waals surface area contributed by atoms with E-state index in [0.29, 0.717) is 0 Å². The lowest BCUT2D eigenvalue weighted by Gasteiger charge is -2.06.